The zero-order valence-corrected chi connectivity index (χ0v) is 14.3. The van der Waals surface area contributed by atoms with Crippen molar-refractivity contribution >= 4 is 40.4 Å². The number of esters is 1. The first-order valence-corrected chi connectivity index (χ1v) is 7.64. The van der Waals surface area contributed by atoms with Crippen LogP contribution in [0.3, 0.4) is 0 Å². The molecule has 23 heavy (non-hydrogen) atoms. The minimum absolute atomic E-state index is 0.306. The van der Waals surface area contributed by atoms with E-state index < -0.39 is 17.8 Å². The SMILES string of the molecule is COC(=O)c1ccc(C(=O)NNC(=O)c2ccccc2I)cc1. The number of amides is 2. The highest BCUT2D eigenvalue weighted by molar-refractivity contribution is 14.1. The smallest absolute Gasteiger partial charge is 0.337 e. The molecule has 7 heteroatoms. The molecule has 0 aliphatic rings. The number of methoxy groups -OCH3 is 1. The molecule has 0 fully saturated rings. The van der Waals surface area contributed by atoms with Crippen LogP contribution in [0.4, 0.5) is 0 Å². The van der Waals surface area contributed by atoms with E-state index in [4.69, 9.17) is 0 Å². The molecule has 0 aliphatic carbocycles. The van der Waals surface area contributed by atoms with Crippen LogP contribution < -0.4 is 10.9 Å². The van der Waals surface area contributed by atoms with Crippen LogP contribution >= 0.6 is 22.6 Å². The standard InChI is InChI=1S/C16H13IN2O4/c1-23-16(22)11-8-6-10(7-9-11)14(20)18-19-15(21)12-4-2-3-5-13(12)17/h2-9H,1H3,(H,18,20)(H,19,21). The van der Waals surface area contributed by atoms with Crippen LogP contribution in [0.2, 0.25) is 0 Å². The van der Waals surface area contributed by atoms with Crippen LogP contribution in [0.5, 0.6) is 0 Å². The number of hydrogen-bond acceptors (Lipinski definition) is 4. The Morgan fingerprint density at radius 2 is 1.43 bits per heavy atom. The molecule has 0 saturated carbocycles. The van der Waals surface area contributed by atoms with Gasteiger partial charge in [0, 0.05) is 9.13 Å². The van der Waals surface area contributed by atoms with Crippen LogP contribution in [0.1, 0.15) is 31.1 Å². The molecule has 0 aromatic heterocycles. The molecule has 2 rings (SSSR count). The fourth-order valence-corrected chi connectivity index (χ4v) is 2.41. The highest BCUT2D eigenvalue weighted by Gasteiger charge is 2.12. The molecule has 2 amide bonds. The van der Waals surface area contributed by atoms with E-state index in [1.807, 2.05) is 28.7 Å². The fourth-order valence-electron chi connectivity index (χ4n) is 1.77. The van der Waals surface area contributed by atoms with Gasteiger partial charge in [-0.2, -0.15) is 0 Å². The summed E-state index contributed by atoms with van der Waals surface area (Å²) in [5.74, 6) is -1.38. The number of nitrogens with one attached hydrogen (secondary N) is 2. The molecule has 0 spiro atoms. The van der Waals surface area contributed by atoms with Gasteiger partial charge in [-0.05, 0) is 59.0 Å². The molecule has 6 nitrogen and oxygen atoms in total. The molecule has 2 aromatic carbocycles. The Morgan fingerprint density at radius 1 is 0.870 bits per heavy atom. The summed E-state index contributed by atoms with van der Waals surface area (Å²) in [6.07, 6.45) is 0. The van der Waals surface area contributed by atoms with Crippen molar-refractivity contribution in [3.8, 4) is 0 Å². The second-order valence-corrected chi connectivity index (χ2v) is 5.62. The maximum atomic E-state index is 12.0. The van der Waals surface area contributed by atoms with Crippen LogP contribution in [-0.2, 0) is 4.74 Å². The first kappa shape index (κ1) is 16.9. The van der Waals surface area contributed by atoms with Gasteiger partial charge in [-0.3, -0.25) is 20.4 Å². The van der Waals surface area contributed by atoms with Crippen molar-refractivity contribution in [1.82, 2.24) is 10.9 Å². The number of ether oxygens (including phenoxy) is 1. The maximum Gasteiger partial charge on any atom is 0.337 e. The Balaban J connectivity index is 1.98. The summed E-state index contributed by atoms with van der Waals surface area (Å²) in [6, 6.07) is 12.9. The normalized spacial score (nSPS) is 9.83. The van der Waals surface area contributed by atoms with Gasteiger partial charge in [-0.25, -0.2) is 4.79 Å². The Labute approximate surface area is 146 Å². The molecule has 2 N–H and O–H groups in total. The zero-order valence-electron chi connectivity index (χ0n) is 12.1. The Morgan fingerprint density at radius 3 is 2.04 bits per heavy atom. The van der Waals surface area contributed by atoms with Crippen molar-refractivity contribution in [2.24, 2.45) is 0 Å². The molecule has 2 aromatic rings. The third-order valence-corrected chi connectivity index (χ3v) is 3.92. The van der Waals surface area contributed by atoms with Crippen LogP contribution in [-0.4, -0.2) is 24.9 Å². The van der Waals surface area contributed by atoms with E-state index in [9.17, 15) is 14.4 Å². The van der Waals surface area contributed by atoms with Crippen molar-refractivity contribution in [1.29, 1.82) is 0 Å². The van der Waals surface area contributed by atoms with E-state index in [1.54, 1.807) is 18.2 Å². The average molecular weight is 424 g/mol. The molecule has 0 aliphatic heterocycles. The minimum Gasteiger partial charge on any atom is -0.465 e. The van der Waals surface area contributed by atoms with E-state index >= 15 is 0 Å². The lowest BCUT2D eigenvalue weighted by atomic mass is 10.1. The van der Waals surface area contributed by atoms with Crippen molar-refractivity contribution in [2.45, 2.75) is 0 Å². The number of hydrogen-bond donors (Lipinski definition) is 2. The number of carbonyl (C=O) groups is 3. The monoisotopic (exact) mass is 424 g/mol. The van der Waals surface area contributed by atoms with E-state index in [0.717, 1.165) is 3.57 Å². The molecule has 0 bridgehead atoms. The van der Waals surface area contributed by atoms with Crippen LogP contribution in [0.25, 0.3) is 0 Å². The van der Waals surface area contributed by atoms with Gasteiger partial charge < -0.3 is 4.74 Å². The van der Waals surface area contributed by atoms with Gasteiger partial charge in [0.05, 0.1) is 18.2 Å². The van der Waals surface area contributed by atoms with Crippen molar-refractivity contribution in [2.75, 3.05) is 7.11 Å². The second kappa shape index (κ2) is 7.73. The van der Waals surface area contributed by atoms with Gasteiger partial charge in [0.15, 0.2) is 0 Å². The van der Waals surface area contributed by atoms with Gasteiger partial charge in [0.2, 0.25) is 0 Å². The first-order chi connectivity index (χ1) is 11.0. The van der Waals surface area contributed by atoms with Gasteiger partial charge in [0.25, 0.3) is 11.8 Å². The predicted octanol–water partition coefficient (Wildman–Crippen LogP) is 2.15. The topological polar surface area (TPSA) is 84.5 Å². The van der Waals surface area contributed by atoms with Gasteiger partial charge in [0.1, 0.15) is 0 Å². The highest BCUT2D eigenvalue weighted by atomic mass is 127. The lowest BCUT2D eigenvalue weighted by Crippen LogP contribution is -2.41. The first-order valence-electron chi connectivity index (χ1n) is 6.56. The molecule has 0 saturated heterocycles. The largest absolute Gasteiger partial charge is 0.465 e. The highest BCUT2D eigenvalue weighted by Crippen LogP contribution is 2.11. The third-order valence-electron chi connectivity index (χ3n) is 2.98. The summed E-state index contributed by atoms with van der Waals surface area (Å²) in [4.78, 5) is 35.3. The summed E-state index contributed by atoms with van der Waals surface area (Å²) in [7, 11) is 1.28. The van der Waals surface area contributed by atoms with E-state index in [-0.39, 0.29) is 0 Å². The lowest BCUT2D eigenvalue weighted by Gasteiger charge is -2.09. The fraction of sp³-hybridized carbons (Fsp3) is 0.0625. The number of halogens is 1. The van der Waals surface area contributed by atoms with E-state index in [2.05, 4.69) is 15.6 Å². The van der Waals surface area contributed by atoms with Gasteiger partial charge >= 0.3 is 5.97 Å². The molecule has 0 radical (unpaired) electrons. The Bertz CT molecular complexity index is 744. The maximum absolute atomic E-state index is 12.0. The lowest BCUT2D eigenvalue weighted by molar-refractivity contribution is 0.0600. The van der Waals surface area contributed by atoms with Crippen molar-refractivity contribution in [3.05, 3.63) is 68.8 Å². The molecule has 0 heterocycles. The average Bonchev–Trinajstić information content (AvgIpc) is 2.59. The number of hydrazine groups is 1. The minimum atomic E-state index is -0.485. The molecular formula is C16H13IN2O4. The summed E-state index contributed by atoms with van der Waals surface area (Å²) in [6.45, 7) is 0. The molecule has 0 atom stereocenters. The van der Waals surface area contributed by atoms with Crippen molar-refractivity contribution < 1.29 is 19.1 Å². The summed E-state index contributed by atoms with van der Waals surface area (Å²) in [5, 5.41) is 0. The summed E-state index contributed by atoms with van der Waals surface area (Å²) >= 11 is 2.04. The van der Waals surface area contributed by atoms with E-state index in [1.165, 1.54) is 31.4 Å². The van der Waals surface area contributed by atoms with Gasteiger partial charge in [-0.15, -0.1) is 0 Å². The zero-order chi connectivity index (χ0) is 16.8. The summed E-state index contributed by atoms with van der Waals surface area (Å²) < 4.78 is 5.36. The molecule has 118 valence electrons. The predicted molar refractivity (Wildman–Crippen MR) is 91.9 cm³/mol. The van der Waals surface area contributed by atoms with Crippen LogP contribution in [0, 0.1) is 3.57 Å². The van der Waals surface area contributed by atoms with E-state index in [0.29, 0.717) is 16.7 Å². The van der Waals surface area contributed by atoms with Gasteiger partial charge in [-0.1, -0.05) is 12.1 Å². The second-order valence-electron chi connectivity index (χ2n) is 4.46. The summed E-state index contributed by atoms with van der Waals surface area (Å²) in [5.41, 5.74) is 5.79. The molecule has 0 unspecified atom stereocenters. The van der Waals surface area contributed by atoms with Crippen LogP contribution in [0.15, 0.2) is 48.5 Å². The van der Waals surface area contributed by atoms with Crippen molar-refractivity contribution in [3.63, 3.8) is 0 Å². The Hall–Kier alpha value is -2.42. The Kier molecular flexibility index (Phi) is 5.69. The molecular weight excluding hydrogens is 411 g/mol. The quantitative estimate of drug-likeness (QED) is 0.450. The third kappa shape index (κ3) is 4.28. The number of carbonyl (C=O) groups excluding carboxylic acids is 3. The number of rotatable bonds is 3. The number of benzene rings is 2.